The molecule has 0 aromatic carbocycles. The van der Waals surface area contributed by atoms with E-state index in [1.165, 1.54) is 17.7 Å². The first kappa shape index (κ1) is 17.9. The van der Waals surface area contributed by atoms with Gasteiger partial charge in [0.25, 0.3) is 5.91 Å². The van der Waals surface area contributed by atoms with Gasteiger partial charge in [0.2, 0.25) is 0 Å². The Morgan fingerprint density at radius 2 is 2.33 bits per heavy atom. The number of nitrogens with one attached hydrogen (secondary N) is 1. The fourth-order valence-corrected chi connectivity index (χ4v) is 4.45. The Balaban J connectivity index is 1.57. The van der Waals surface area contributed by atoms with Gasteiger partial charge in [0.05, 0.1) is 29.2 Å². The third-order valence-corrected chi connectivity index (χ3v) is 5.95. The SMILES string of the molecule is Cc1c(C(=O)N(C)Cc2ccco2)sc2ncnc(NCC3CCCO3)c12. The molecule has 1 amide bonds. The molecule has 0 saturated carbocycles. The molecule has 1 aliphatic heterocycles. The maximum atomic E-state index is 12.9. The highest BCUT2D eigenvalue weighted by Gasteiger charge is 2.23. The van der Waals surface area contributed by atoms with Gasteiger partial charge in [-0.3, -0.25) is 4.79 Å². The van der Waals surface area contributed by atoms with Crippen molar-refractivity contribution in [1.29, 1.82) is 0 Å². The van der Waals surface area contributed by atoms with Crippen LogP contribution in [-0.2, 0) is 11.3 Å². The topological polar surface area (TPSA) is 80.5 Å². The Kier molecular flexibility index (Phi) is 5.09. The Morgan fingerprint density at radius 3 is 3.07 bits per heavy atom. The molecule has 4 heterocycles. The van der Waals surface area contributed by atoms with Crippen molar-refractivity contribution in [1.82, 2.24) is 14.9 Å². The number of carbonyl (C=O) groups excluding carboxylic acids is 1. The molecule has 0 aliphatic carbocycles. The Labute approximate surface area is 161 Å². The van der Waals surface area contributed by atoms with Gasteiger partial charge in [-0.05, 0) is 37.5 Å². The number of hydrogen-bond acceptors (Lipinski definition) is 7. The molecule has 0 bridgehead atoms. The summed E-state index contributed by atoms with van der Waals surface area (Å²) in [5.74, 6) is 1.47. The van der Waals surface area contributed by atoms with E-state index in [0.717, 1.165) is 46.8 Å². The molecule has 1 N–H and O–H groups in total. The summed E-state index contributed by atoms with van der Waals surface area (Å²) in [5, 5.41) is 4.29. The number of amides is 1. The van der Waals surface area contributed by atoms with E-state index >= 15 is 0 Å². The second-order valence-corrected chi connectivity index (χ2v) is 7.71. The van der Waals surface area contributed by atoms with Crippen molar-refractivity contribution < 1.29 is 13.9 Å². The minimum atomic E-state index is -0.0445. The first-order valence-corrected chi connectivity index (χ1v) is 9.82. The summed E-state index contributed by atoms with van der Waals surface area (Å²) in [6.45, 7) is 3.91. The minimum Gasteiger partial charge on any atom is -0.467 e. The molecule has 3 aromatic rings. The molecule has 27 heavy (non-hydrogen) atoms. The summed E-state index contributed by atoms with van der Waals surface area (Å²) in [6, 6.07) is 3.68. The van der Waals surface area contributed by atoms with Gasteiger partial charge in [0, 0.05) is 20.2 Å². The average Bonchev–Trinajstić information content (AvgIpc) is 3.41. The molecular formula is C19H22N4O3S. The lowest BCUT2D eigenvalue weighted by Crippen LogP contribution is -2.25. The third-order valence-electron chi connectivity index (χ3n) is 4.76. The van der Waals surface area contributed by atoms with Gasteiger partial charge in [-0.25, -0.2) is 9.97 Å². The standard InChI is InChI=1S/C19H22N4O3S/c1-12-15-17(20-9-13-5-3-7-25-13)21-11-22-18(15)27-16(12)19(24)23(2)10-14-6-4-8-26-14/h4,6,8,11,13H,3,5,7,9-10H2,1-2H3,(H,20,21,22). The molecule has 8 heteroatoms. The highest BCUT2D eigenvalue weighted by molar-refractivity contribution is 7.20. The van der Waals surface area contributed by atoms with Crippen molar-refractivity contribution >= 4 is 33.3 Å². The van der Waals surface area contributed by atoms with E-state index in [1.807, 2.05) is 19.1 Å². The number of aromatic nitrogens is 2. The quantitative estimate of drug-likeness (QED) is 0.699. The second-order valence-electron chi connectivity index (χ2n) is 6.72. The molecule has 142 valence electrons. The number of ether oxygens (including phenoxy) is 1. The number of aryl methyl sites for hydroxylation is 1. The van der Waals surface area contributed by atoms with E-state index in [0.29, 0.717) is 18.0 Å². The van der Waals surface area contributed by atoms with Crippen molar-refractivity contribution in [2.75, 3.05) is 25.5 Å². The van der Waals surface area contributed by atoms with Crippen LogP contribution in [0.15, 0.2) is 29.1 Å². The van der Waals surface area contributed by atoms with Crippen LogP contribution >= 0.6 is 11.3 Å². The number of fused-ring (bicyclic) bond motifs is 1. The van der Waals surface area contributed by atoms with Crippen LogP contribution in [-0.4, -0.2) is 47.1 Å². The molecule has 0 spiro atoms. The fraction of sp³-hybridized carbons (Fsp3) is 0.421. The van der Waals surface area contributed by atoms with Crippen LogP contribution in [0.5, 0.6) is 0 Å². The molecule has 1 saturated heterocycles. The van der Waals surface area contributed by atoms with Crippen LogP contribution < -0.4 is 5.32 Å². The molecule has 0 radical (unpaired) electrons. The molecular weight excluding hydrogens is 364 g/mol. The lowest BCUT2D eigenvalue weighted by molar-refractivity contribution is 0.0779. The Morgan fingerprint density at radius 1 is 1.44 bits per heavy atom. The molecule has 7 nitrogen and oxygen atoms in total. The molecule has 1 fully saturated rings. The zero-order valence-electron chi connectivity index (χ0n) is 15.4. The van der Waals surface area contributed by atoms with Crippen molar-refractivity contribution in [3.63, 3.8) is 0 Å². The number of rotatable bonds is 6. The maximum Gasteiger partial charge on any atom is 0.264 e. The maximum absolute atomic E-state index is 12.9. The summed E-state index contributed by atoms with van der Waals surface area (Å²) in [4.78, 5) is 24.9. The van der Waals surface area contributed by atoms with Crippen molar-refractivity contribution in [3.05, 3.63) is 40.9 Å². The summed E-state index contributed by atoms with van der Waals surface area (Å²) in [7, 11) is 1.77. The van der Waals surface area contributed by atoms with Gasteiger partial charge in [-0.2, -0.15) is 0 Å². The fourth-order valence-electron chi connectivity index (χ4n) is 3.31. The monoisotopic (exact) mass is 386 g/mol. The van der Waals surface area contributed by atoms with Gasteiger partial charge in [0.15, 0.2) is 0 Å². The van der Waals surface area contributed by atoms with Gasteiger partial charge >= 0.3 is 0 Å². The van der Waals surface area contributed by atoms with E-state index in [-0.39, 0.29) is 12.0 Å². The van der Waals surface area contributed by atoms with Gasteiger partial charge in [-0.15, -0.1) is 11.3 Å². The molecule has 1 aliphatic rings. The van der Waals surface area contributed by atoms with Crippen LogP contribution in [0.25, 0.3) is 10.2 Å². The summed E-state index contributed by atoms with van der Waals surface area (Å²) >= 11 is 1.40. The minimum absolute atomic E-state index is 0.0445. The normalized spacial score (nSPS) is 16.7. The summed E-state index contributed by atoms with van der Waals surface area (Å²) < 4.78 is 11.0. The van der Waals surface area contributed by atoms with E-state index in [2.05, 4.69) is 15.3 Å². The van der Waals surface area contributed by atoms with Crippen molar-refractivity contribution in [2.45, 2.75) is 32.4 Å². The van der Waals surface area contributed by atoms with Crippen LogP contribution in [0.1, 0.15) is 33.8 Å². The molecule has 3 aromatic heterocycles. The van der Waals surface area contributed by atoms with Gasteiger partial charge < -0.3 is 19.4 Å². The Bertz CT molecular complexity index is 932. The lowest BCUT2D eigenvalue weighted by atomic mass is 10.2. The first-order chi connectivity index (χ1) is 13.1. The predicted molar refractivity (Wildman–Crippen MR) is 104 cm³/mol. The number of carbonyl (C=O) groups is 1. The molecule has 1 atom stereocenters. The number of anilines is 1. The van der Waals surface area contributed by atoms with Crippen molar-refractivity contribution in [2.24, 2.45) is 0 Å². The second kappa shape index (κ2) is 7.66. The third kappa shape index (κ3) is 3.68. The highest BCUT2D eigenvalue weighted by atomic mass is 32.1. The van der Waals surface area contributed by atoms with E-state index < -0.39 is 0 Å². The highest BCUT2D eigenvalue weighted by Crippen LogP contribution is 2.34. The molecule has 1 unspecified atom stereocenters. The number of nitrogens with zero attached hydrogens (tertiary/aromatic N) is 3. The van der Waals surface area contributed by atoms with E-state index in [9.17, 15) is 4.79 Å². The predicted octanol–water partition coefficient (Wildman–Crippen LogP) is 3.46. The summed E-state index contributed by atoms with van der Waals surface area (Å²) in [6.07, 6.45) is 5.53. The van der Waals surface area contributed by atoms with Gasteiger partial charge in [-0.1, -0.05) is 0 Å². The summed E-state index contributed by atoms with van der Waals surface area (Å²) in [5.41, 5.74) is 0.904. The van der Waals surface area contributed by atoms with Crippen molar-refractivity contribution in [3.8, 4) is 0 Å². The van der Waals surface area contributed by atoms with Crippen LogP contribution in [0.4, 0.5) is 5.82 Å². The van der Waals surface area contributed by atoms with E-state index in [1.54, 1.807) is 18.2 Å². The number of furan rings is 1. The largest absolute Gasteiger partial charge is 0.467 e. The smallest absolute Gasteiger partial charge is 0.264 e. The van der Waals surface area contributed by atoms with Crippen LogP contribution in [0.2, 0.25) is 0 Å². The average molecular weight is 386 g/mol. The zero-order valence-corrected chi connectivity index (χ0v) is 16.2. The first-order valence-electron chi connectivity index (χ1n) is 9.01. The van der Waals surface area contributed by atoms with E-state index in [4.69, 9.17) is 9.15 Å². The van der Waals surface area contributed by atoms with Crippen LogP contribution in [0, 0.1) is 6.92 Å². The lowest BCUT2D eigenvalue weighted by Gasteiger charge is -2.15. The Hall–Kier alpha value is -2.45. The number of thiophene rings is 1. The molecule has 4 rings (SSSR count). The zero-order chi connectivity index (χ0) is 18.8. The number of hydrogen-bond donors (Lipinski definition) is 1. The van der Waals surface area contributed by atoms with Crippen LogP contribution in [0.3, 0.4) is 0 Å². The van der Waals surface area contributed by atoms with Gasteiger partial charge in [0.1, 0.15) is 22.7 Å².